The van der Waals surface area contributed by atoms with E-state index in [9.17, 15) is 13.2 Å². The van der Waals surface area contributed by atoms with E-state index < -0.39 is 10.2 Å². The fourth-order valence-corrected chi connectivity index (χ4v) is 2.94. The van der Waals surface area contributed by atoms with Gasteiger partial charge >= 0.3 is 0 Å². The zero-order valence-corrected chi connectivity index (χ0v) is 16.3. The summed E-state index contributed by atoms with van der Waals surface area (Å²) in [6.07, 6.45) is 0.362. The number of nitrogens with zero attached hydrogens (tertiary/aromatic N) is 2. The standard InChI is InChI=1S/C18H19N5O5S/c1-27-15-7-5-12(6-8-15)18-21-17(28-22-18)10-9-16(24)20-13-3-2-4-14(11-13)23-29(19,25)26/h2-8,11,23H,9-10H2,1H3,(H,20,24)(H2,19,25,26). The zero-order valence-electron chi connectivity index (χ0n) is 15.5. The average Bonchev–Trinajstić information content (AvgIpc) is 3.14. The van der Waals surface area contributed by atoms with E-state index in [4.69, 9.17) is 14.4 Å². The van der Waals surface area contributed by atoms with Gasteiger partial charge in [0.1, 0.15) is 5.75 Å². The first kappa shape index (κ1) is 20.3. The fourth-order valence-electron chi connectivity index (χ4n) is 2.48. The molecule has 0 aliphatic carbocycles. The van der Waals surface area contributed by atoms with Gasteiger partial charge in [-0.15, -0.1) is 0 Å². The Balaban J connectivity index is 1.56. The van der Waals surface area contributed by atoms with Gasteiger partial charge in [-0.25, -0.2) is 5.14 Å². The molecule has 0 saturated carbocycles. The zero-order chi connectivity index (χ0) is 20.9. The number of hydrogen-bond donors (Lipinski definition) is 3. The van der Waals surface area contributed by atoms with Crippen LogP contribution >= 0.6 is 0 Å². The predicted molar refractivity (Wildman–Crippen MR) is 106 cm³/mol. The maximum atomic E-state index is 12.2. The number of ether oxygens (including phenoxy) is 1. The Labute approximate surface area is 167 Å². The number of carbonyl (C=O) groups excluding carboxylic acids is 1. The molecule has 1 aromatic heterocycles. The van der Waals surface area contributed by atoms with Gasteiger partial charge in [-0.05, 0) is 42.5 Å². The first-order valence-electron chi connectivity index (χ1n) is 8.50. The second-order valence-corrected chi connectivity index (χ2v) is 7.31. The molecule has 29 heavy (non-hydrogen) atoms. The van der Waals surface area contributed by atoms with Crippen LogP contribution in [-0.2, 0) is 21.4 Å². The Morgan fingerprint density at radius 1 is 1.17 bits per heavy atom. The molecule has 2 aromatic carbocycles. The van der Waals surface area contributed by atoms with E-state index >= 15 is 0 Å². The number of aromatic nitrogens is 2. The van der Waals surface area contributed by atoms with E-state index in [-0.39, 0.29) is 24.4 Å². The van der Waals surface area contributed by atoms with Crippen LogP contribution in [0.3, 0.4) is 0 Å². The predicted octanol–water partition coefficient (Wildman–Crippen LogP) is 1.93. The first-order chi connectivity index (χ1) is 13.8. The summed E-state index contributed by atoms with van der Waals surface area (Å²) >= 11 is 0. The molecular weight excluding hydrogens is 398 g/mol. The van der Waals surface area contributed by atoms with Crippen molar-refractivity contribution in [3.63, 3.8) is 0 Å². The summed E-state index contributed by atoms with van der Waals surface area (Å²) in [5.41, 5.74) is 1.43. The minimum atomic E-state index is -3.89. The molecule has 0 aliphatic rings. The van der Waals surface area contributed by atoms with Gasteiger partial charge in [0.05, 0.1) is 12.8 Å². The van der Waals surface area contributed by atoms with Gasteiger partial charge in [-0.1, -0.05) is 11.2 Å². The summed E-state index contributed by atoms with van der Waals surface area (Å²) < 4.78 is 34.6. The summed E-state index contributed by atoms with van der Waals surface area (Å²) in [7, 11) is -2.31. The lowest BCUT2D eigenvalue weighted by molar-refractivity contribution is -0.116. The second kappa shape index (κ2) is 8.71. The highest BCUT2D eigenvalue weighted by Gasteiger charge is 2.11. The summed E-state index contributed by atoms with van der Waals surface area (Å²) in [5.74, 6) is 1.18. The van der Waals surface area contributed by atoms with Crippen molar-refractivity contribution in [3.05, 3.63) is 54.4 Å². The molecule has 0 unspecified atom stereocenters. The largest absolute Gasteiger partial charge is 0.497 e. The minimum absolute atomic E-state index is 0.108. The van der Waals surface area contributed by atoms with Crippen LogP contribution in [0.25, 0.3) is 11.4 Å². The third-order valence-electron chi connectivity index (χ3n) is 3.79. The smallest absolute Gasteiger partial charge is 0.296 e. The van der Waals surface area contributed by atoms with Crippen LogP contribution in [0.2, 0.25) is 0 Å². The van der Waals surface area contributed by atoms with Crippen molar-refractivity contribution < 1.29 is 22.5 Å². The van der Waals surface area contributed by atoms with Crippen LogP contribution in [0.15, 0.2) is 53.1 Å². The van der Waals surface area contributed by atoms with Crippen molar-refractivity contribution in [2.45, 2.75) is 12.8 Å². The minimum Gasteiger partial charge on any atom is -0.497 e. The van der Waals surface area contributed by atoms with E-state index in [0.717, 1.165) is 11.3 Å². The lowest BCUT2D eigenvalue weighted by Gasteiger charge is -2.07. The van der Waals surface area contributed by atoms with Crippen molar-refractivity contribution in [1.82, 2.24) is 10.1 Å². The summed E-state index contributed by atoms with van der Waals surface area (Å²) in [6, 6.07) is 13.4. The van der Waals surface area contributed by atoms with Gasteiger partial charge in [0.2, 0.25) is 17.6 Å². The van der Waals surface area contributed by atoms with E-state index in [0.29, 0.717) is 17.4 Å². The van der Waals surface area contributed by atoms with E-state index in [1.165, 1.54) is 12.1 Å². The normalized spacial score (nSPS) is 11.1. The Morgan fingerprint density at radius 3 is 2.59 bits per heavy atom. The number of rotatable bonds is 8. The summed E-state index contributed by atoms with van der Waals surface area (Å²) in [6.45, 7) is 0. The number of methoxy groups -OCH3 is 1. The van der Waals surface area contributed by atoms with E-state index in [1.54, 1.807) is 31.4 Å². The summed E-state index contributed by atoms with van der Waals surface area (Å²) in [5, 5.41) is 11.5. The third kappa shape index (κ3) is 6.02. The molecule has 11 heteroatoms. The molecule has 3 rings (SSSR count). The SMILES string of the molecule is COc1ccc(-c2noc(CCC(=O)Nc3cccc(NS(N)(=O)=O)c3)n2)cc1. The molecule has 1 amide bonds. The Hall–Kier alpha value is -3.44. The molecule has 0 aliphatic heterocycles. The molecule has 1 heterocycles. The van der Waals surface area contributed by atoms with Crippen LogP contribution in [0.5, 0.6) is 5.75 Å². The third-order valence-corrected chi connectivity index (χ3v) is 4.31. The molecule has 0 saturated heterocycles. The number of aryl methyl sites for hydroxylation is 1. The molecule has 0 spiro atoms. The number of benzene rings is 2. The molecule has 0 atom stereocenters. The van der Waals surface area contributed by atoms with Crippen LogP contribution in [-0.4, -0.2) is 31.6 Å². The second-order valence-electron chi connectivity index (χ2n) is 6.02. The van der Waals surface area contributed by atoms with Crippen molar-refractivity contribution in [3.8, 4) is 17.1 Å². The van der Waals surface area contributed by atoms with Crippen LogP contribution in [0, 0.1) is 0 Å². The van der Waals surface area contributed by atoms with Gasteiger partial charge in [-0.3, -0.25) is 9.52 Å². The van der Waals surface area contributed by atoms with Gasteiger partial charge in [0.25, 0.3) is 10.2 Å². The molecule has 0 radical (unpaired) electrons. The molecule has 4 N–H and O–H groups in total. The lowest BCUT2D eigenvalue weighted by atomic mass is 10.2. The van der Waals surface area contributed by atoms with Crippen molar-refractivity contribution in [2.75, 3.05) is 17.1 Å². The van der Waals surface area contributed by atoms with Gasteiger partial charge in [0.15, 0.2) is 0 Å². The van der Waals surface area contributed by atoms with Crippen molar-refractivity contribution in [1.29, 1.82) is 0 Å². The monoisotopic (exact) mass is 417 g/mol. The van der Waals surface area contributed by atoms with Gasteiger partial charge in [-0.2, -0.15) is 13.4 Å². The highest BCUT2D eigenvalue weighted by atomic mass is 32.2. The van der Waals surface area contributed by atoms with Crippen LogP contribution < -0.4 is 19.9 Å². The number of carbonyl (C=O) groups is 1. The number of hydrogen-bond acceptors (Lipinski definition) is 7. The number of amides is 1. The summed E-state index contributed by atoms with van der Waals surface area (Å²) in [4.78, 5) is 16.4. The molecule has 10 nitrogen and oxygen atoms in total. The topological polar surface area (TPSA) is 149 Å². The molecule has 3 aromatic rings. The van der Waals surface area contributed by atoms with Gasteiger partial charge in [0, 0.05) is 24.1 Å². The van der Waals surface area contributed by atoms with Crippen molar-refractivity contribution in [2.24, 2.45) is 5.14 Å². The maximum Gasteiger partial charge on any atom is 0.296 e. The van der Waals surface area contributed by atoms with Crippen LogP contribution in [0.4, 0.5) is 11.4 Å². The number of nitrogens with one attached hydrogen (secondary N) is 2. The lowest BCUT2D eigenvalue weighted by Crippen LogP contribution is -2.21. The molecule has 0 fully saturated rings. The quantitative estimate of drug-likeness (QED) is 0.507. The van der Waals surface area contributed by atoms with E-state index in [1.807, 2.05) is 12.1 Å². The number of nitrogens with two attached hydrogens (primary N) is 1. The fraction of sp³-hybridized carbons (Fsp3) is 0.167. The molecule has 0 bridgehead atoms. The van der Waals surface area contributed by atoms with Crippen molar-refractivity contribution >= 4 is 27.5 Å². The average molecular weight is 417 g/mol. The molecular formula is C18H19N5O5S. The van der Waals surface area contributed by atoms with Crippen LogP contribution in [0.1, 0.15) is 12.3 Å². The highest BCUT2D eigenvalue weighted by Crippen LogP contribution is 2.20. The highest BCUT2D eigenvalue weighted by molar-refractivity contribution is 7.90. The first-order valence-corrected chi connectivity index (χ1v) is 10.0. The Morgan fingerprint density at radius 2 is 1.90 bits per heavy atom. The Kier molecular flexibility index (Phi) is 6.10. The Bertz CT molecular complexity index is 1100. The number of anilines is 2. The van der Waals surface area contributed by atoms with Gasteiger partial charge < -0.3 is 14.6 Å². The maximum absolute atomic E-state index is 12.2. The molecule has 152 valence electrons. The van der Waals surface area contributed by atoms with E-state index in [2.05, 4.69) is 20.2 Å².